The van der Waals surface area contributed by atoms with Crippen LogP contribution in [0.1, 0.15) is 16.9 Å². The third-order valence-electron chi connectivity index (χ3n) is 5.07. The zero-order valence-electron chi connectivity index (χ0n) is 19.1. The van der Waals surface area contributed by atoms with Gasteiger partial charge in [0, 0.05) is 12.1 Å². The number of halogens is 3. The molecule has 4 rings (SSSR count). The van der Waals surface area contributed by atoms with Crippen molar-refractivity contribution in [3.05, 3.63) is 99.9 Å². The van der Waals surface area contributed by atoms with Crippen molar-refractivity contribution in [3.63, 3.8) is 0 Å². The number of carbonyl (C=O) groups excluding carboxylic acids is 1. The van der Waals surface area contributed by atoms with Gasteiger partial charge < -0.3 is 18.6 Å². The van der Waals surface area contributed by atoms with Crippen molar-refractivity contribution < 1.29 is 36.6 Å². The first-order valence-electron chi connectivity index (χ1n) is 10.6. The Hall–Kier alpha value is -4.53. The Bertz CT molecular complexity index is 1480. The summed E-state index contributed by atoms with van der Waals surface area (Å²) < 4.78 is 61.7. The lowest BCUT2D eigenvalue weighted by molar-refractivity contribution is -0.154. The summed E-state index contributed by atoms with van der Waals surface area (Å²) in [7, 11) is 1.53. The number of ether oxygens (including phenoxy) is 3. The van der Waals surface area contributed by atoms with Crippen LogP contribution in [0.15, 0.2) is 82.0 Å². The quantitative estimate of drug-likeness (QED) is 0.171. The normalized spacial score (nSPS) is 11.6. The standard InChI is InChI=1S/C27H19F3O6/c1-16-3-8-19(9-4-16)35-25-24(32)21-13-12-20(15-22(21)36-26(25)27(28,29)30)34-23(31)14-7-17-5-10-18(33-2)11-6-17/h3-15H,1-2H3/b14-7+. The number of hydrogen-bond acceptors (Lipinski definition) is 6. The second-order valence-electron chi connectivity index (χ2n) is 7.69. The summed E-state index contributed by atoms with van der Waals surface area (Å²) in [5.74, 6) is -2.75. The number of esters is 1. The highest BCUT2D eigenvalue weighted by atomic mass is 19.4. The zero-order valence-corrected chi connectivity index (χ0v) is 19.1. The maximum atomic E-state index is 13.7. The predicted octanol–water partition coefficient (Wildman–Crippen LogP) is 6.54. The first-order valence-corrected chi connectivity index (χ1v) is 10.6. The highest BCUT2D eigenvalue weighted by Gasteiger charge is 2.40. The van der Waals surface area contributed by atoms with Gasteiger partial charge in [-0.25, -0.2) is 4.79 Å². The Morgan fingerprint density at radius 3 is 2.19 bits per heavy atom. The van der Waals surface area contributed by atoms with Crippen LogP contribution in [0.2, 0.25) is 0 Å². The lowest BCUT2D eigenvalue weighted by atomic mass is 10.2. The van der Waals surface area contributed by atoms with Crippen molar-refractivity contribution in [2.45, 2.75) is 13.1 Å². The highest BCUT2D eigenvalue weighted by Crippen LogP contribution is 2.38. The van der Waals surface area contributed by atoms with Gasteiger partial charge in [-0.2, -0.15) is 13.2 Å². The van der Waals surface area contributed by atoms with Gasteiger partial charge in [-0.3, -0.25) is 4.79 Å². The molecule has 0 radical (unpaired) electrons. The molecule has 0 bridgehead atoms. The summed E-state index contributed by atoms with van der Waals surface area (Å²) in [6.07, 6.45) is -2.36. The minimum Gasteiger partial charge on any atom is -0.497 e. The molecule has 9 heteroatoms. The van der Waals surface area contributed by atoms with Crippen molar-refractivity contribution in [3.8, 4) is 23.0 Å². The van der Waals surface area contributed by atoms with E-state index in [1.807, 2.05) is 0 Å². The van der Waals surface area contributed by atoms with Gasteiger partial charge in [0.2, 0.25) is 11.2 Å². The van der Waals surface area contributed by atoms with Crippen molar-refractivity contribution in [2.75, 3.05) is 7.11 Å². The maximum absolute atomic E-state index is 13.7. The molecule has 0 saturated heterocycles. The number of rotatable bonds is 6. The molecule has 36 heavy (non-hydrogen) atoms. The molecule has 0 fully saturated rings. The topological polar surface area (TPSA) is 75.0 Å². The van der Waals surface area contributed by atoms with Crippen LogP contribution in [-0.2, 0) is 11.0 Å². The average molecular weight is 496 g/mol. The fraction of sp³-hybridized carbons (Fsp3) is 0.111. The van der Waals surface area contributed by atoms with E-state index in [0.29, 0.717) is 11.3 Å². The van der Waals surface area contributed by atoms with Crippen molar-refractivity contribution in [2.24, 2.45) is 0 Å². The number of benzene rings is 3. The van der Waals surface area contributed by atoms with E-state index in [4.69, 9.17) is 18.6 Å². The van der Waals surface area contributed by atoms with E-state index in [2.05, 4.69) is 0 Å². The van der Waals surface area contributed by atoms with Crippen LogP contribution in [0.25, 0.3) is 17.0 Å². The second-order valence-corrected chi connectivity index (χ2v) is 7.69. The molecule has 6 nitrogen and oxygen atoms in total. The minimum absolute atomic E-state index is 0.0481. The molecule has 4 aromatic rings. The lowest BCUT2D eigenvalue weighted by Crippen LogP contribution is -2.15. The number of hydrogen-bond donors (Lipinski definition) is 0. The summed E-state index contributed by atoms with van der Waals surface area (Å²) in [6, 6.07) is 16.6. The molecule has 0 spiro atoms. The SMILES string of the molecule is COc1ccc(/C=C/C(=O)Oc2ccc3c(=O)c(Oc4ccc(C)cc4)c(C(F)(F)F)oc3c2)cc1. The van der Waals surface area contributed by atoms with Crippen molar-refractivity contribution in [1.82, 2.24) is 0 Å². The summed E-state index contributed by atoms with van der Waals surface area (Å²) in [6.45, 7) is 1.80. The van der Waals surface area contributed by atoms with Crippen molar-refractivity contribution >= 4 is 23.0 Å². The fourth-order valence-electron chi connectivity index (χ4n) is 3.25. The number of methoxy groups -OCH3 is 1. The van der Waals surface area contributed by atoms with Crippen LogP contribution in [0.3, 0.4) is 0 Å². The molecule has 0 aliphatic rings. The van der Waals surface area contributed by atoms with E-state index in [1.54, 1.807) is 43.3 Å². The van der Waals surface area contributed by atoms with E-state index in [-0.39, 0.29) is 16.9 Å². The number of alkyl halides is 3. The zero-order chi connectivity index (χ0) is 25.9. The molecule has 3 aromatic carbocycles. The van der Waals surface area contributed by atoms with Gasteiger partial charge >= 0.3 is 12.1 Å². The fourth-order valence-corrected chi connectivity index (χ4v) is 3.25. The Morgan fingerprint density at radius 1 is 0.917 bits per heavy atom. The molecule has 0 unspecified atom stereocenters. The van der Waals surface area contributed by atoms with Crippen molar-refractivity contribution in [1.29, 1.82) is 0 Å². The van der Waals surface area contributed by atoms with Crippen LogP contribution in [0, 0.1) is 6.92 Å². The average Bonchev–Trinajstić information content (AvgIpc) is 2.85. The molecular weight excluding hydrogens is 477 g/mol. The van der Waals surface area contributed by atoms with E-state index in [9.17, 15) is 22.8 Å². The number of aryl methyl sites for hydroxylation is 1. The van der Waals surface area contributed by atoms with Gasteiger partial charge in [0.05, 0.1) is 12.5 Å². The molecule has 0 N–H and O–H groups in total. The van der Waals surface area contributed by atoms with Crippen LogP contribution in [-0.4, -0.2) is 13.1 Å². The van der Waals surface area contributed by atoms with Gasteiger partial charge in [0.1, 0.15) is 22.8 Å². The van der Waals surface area contributed by atoms with Gasteiger partial charge in [-0.1, -0.05) is 29.8 Å². The van der Waals surface area contributed by atoms with Crippen LogP contribution in [0.5, 0.6) is 23.0 Å². The summed E-state index contributed by atoms with van der Waals surface area (Å²) >= 11 is 0. The van der Waals surface area contributed by atoms with E-state index in [1.165, 1.54) is 37.5 Å². The van der Waals surface area contributed by atoms with Crippen LogP contribution >= 0.6 is 0 Å². The molecule has 0 atom stereocenters. The van der Waals surface area contributed by atoms with Crippen LogP contribution in [0.4, 0.5) is 13.2 Å². The van der Waals surface area contributed by atoms with Gasteiger partial charge in [0.15, 0.2) is 0 Å². The Labute approximate surface area is 203 Å². The molecule has 184 valence electrons. The van der Waals surface area contributed by atoms with E-state index in [0.717, 1.165) is 17.7 Å². The monoisotopic (exact) mass is 496 g/mol. The third-order valence-corrected chi connectivity index (χ3v) is 5.07. The lowest BCUT2D eigenvalue weighted by Gasteiger charge is -2.13. The van der Waals surface area contributed by atoms with Gasteiger partial charge in [0.25, 0.3) is 5.76 Å². The number of fused-ring (bicyclic) bond motifs is 1. The third kappa shape index (κ3) is 5.57. The largest absolute Gasteiger partial charge is 0.497 e. The second kappa shape index (κ2) is 9.99. The first kappa shape index (κ1) is 24.6. The molecule has 0 aliphatic carbocycles. The Balaban J connectivity index is 1.63. The maximum Gasteiger partial charge on any atom is 0.453 e. The number of carbonyl (C=O) groups is 1. The van der Waals surface area contributed by atoms with Crippen LogP contribution < -0.4 is 19.6 Å². The first-order chi connectivity index (χ1) is 17.1. The van der Waals surface area contributed by atoms with E-state index >= 15 is 0 Å². The molecule has 0 amide bonds. The van der Waals surface area contributed by atoms with Gasteiger partial charge in [-0.15, -0.1) is 0 Å². The molecule has 1 aromatic heterocycles. The Morgan fingerprint density at radius 2 is 1.56 bits per heavy atom. The Kier molecular flexibility index (Phi) is 6.82. The minimum atomic E-state index is -5.01. The summed E-state index contributed by atoms with van der Waals surface area (Å²) in [5.41, 5.74) is 0.146. The predicted molar refractivity (Wildman–Crippen MR) is 126 cm³/mol. The highest BCUT2D eigenvalue weighted by molar-refractivity contribution is 5.89. The van der Waals surface area contributed by atoms with Gasteiger partial charge in [-0.05, 0) is 55.0 Å². The smallest absolute Gasteiger partial charge is 0.453 e. The molecule has 0 aliphatic heterocycles. The summed E-state index contributed by atoms with van der Waals surface area (Å²) in [4.78, 5) is 25.1. The summed E-state index contributed by atoms with van der Waals surface area (Å²) in [5, 5.41) is -0.168. The molecule has 1 heterocycles. The molecular formula is C27H19F3O6. The van der Waals surface area contributed by atoms with E-state index < -0.39 is 34.7 Å². The molecule has 0 saturated carbocycles.